The van der Waals surface area contributed by atoms with E-state index in [1.807, 2.05) is 0 Å². The maximum Gasteiger partial charge on any atom is 0.174 e. The van der Waals surface area contributed by atoms with E-state index in [0.29, 0.717) is 28.6 Å². The van der Waals surface area contributed by atoms with Crippen molar-refractivity contribution in [1.29, 1.82) is 0 Å². The number of hydrogen-bond donors (Lipinski definition) is 1. The van der Waals surface area contributed by atoms with Crippen LogP contribution in [0.25, 0.3) is 11.3 Å². The Morgan fingerprint density at radius 3 is 3.20 bits per heavy atom. The van der Waals surface area contributed by atoms with Crippen LogP contribution in [0.2, 0.25) is 5.02 Å². The first-order chi connectivity index (χ1) is 7.25. The lowest BCUT2D eigenvalue weighted by Gasteiger charge is -2.17. The van der Waals surface area contributed by atoms with E-state index >= 15 is 0 Å². The quantitative estimate of drug-likeness (QED) is 0.747. The van der Waals surface area contributed by atoms with E-state index in [9.17, 15) is 4.39 Å². The summed E-state index contributed by atoms with van der Waals surface area (Å²) in [5, 5.41) is 7.14. The number of fused-ring (bicyclic) bond motifs is 3. The summed E-state index contributed by atoms with van der Waals surface area (Å²) in [6.45, 7) is 0.594. The molecule has 0 fully saturated rings. The van der Waals surface area contributed by atoms with Crippen molar-refractivity contribution < 1.29 is 8.91 Å². The van der Waals surface area contributed by atoms with Crippen LogP contribution in [0.15, 0.2) is 22.9 Å². The van der Waals surface area contributed by atoms with Gasteiger partial charge in [-0.3, -0.25) is 0 Å². The zero-order valence-electron chi connectivity index (χ0n) is 7.55. The van der Waals surface area contributed by atoms with Crippen LogP contribution in [0.4, 0.5) is 10.1 Å². The van der Waals surface area contributed by atoms with Gasteiger partial charge in [-0.15, -0.1) is 0 Å². The molecule has 0 spiro atoms. The number of hydrogen-bond acceptors (Lipinski definition) is 3. The number of anilines is 1. The van der Waals surface area contributed by atoms with Gasteiger partial charge in [0.2, 0.25) is 0 Å². The van der Waals surface area contributed by atoms with Crippen molar-refractivity contribution in [3.8, 4) is 11.3 Å². The van der Waals surface area contributed by atoms with Gasteiger partial charge < -0.3 is 9.84 Å². The molecule has 1 aromatic carbocycles. The van der Waals surface area contributed by atoms with Crippen LogP contribution < -0.4 is 5.32 Å². The average molecular weight is 225 g/mol. The molecule has 0 bridgehead atoms. The lowest BCUT2D eigenvalue weighted by Crippen LogP contribution is -2.07. The average Bonchev–Trinajstić information content (AvgIpc) is 2.65. The van der Waals surface area contributed by atoms with Crippen molar-refractivity contribution in [2.45, 2.75) is 6.54 Å². The second-order valence-corrected chi connectivity index (χ2v) is 3.75. The molecule has 2 aromatic rings. The number of nitrogens with zero attached hydrogens (tertiary/aromatic N) is 1. The monoisotopic (exact) mass is 224 g/mol. The van der Waals surface area contributed by atoms with E-state index in [1.54, 1.807) is 6.20 Å². The summed E-state index contributed by atoms with van der Waals surface area (Å²) in [5.41, 5.74) is 2.23. The Kier molecular flexibility index (Phi) is 1.73. The normalized spacial score (nSPS) is 12.9. The van der Waals surface area contributed by atoms with Crippen molar-refractivity contribution in [3.63, 3.8) is 0 Å². The maximum absolute atomic E-state index is 13.2. The third-order valence-corrected chi connectivity index (χ3v) is 2.70. The highest BCUT2D eigenvalue weighted by Crippen LogP contribution is 2.40. The van der Waals surface area contributed by atoms with Gasteiger partial charge >= 0.3 is 0 Å². The lowest BCUT2D eigenvalue weighted by atomic mass is 10.0. The molecule has 0 amide bonds. The zero-order chi connectivity index (χ0) is 10.4. The molecular weight excluding hydrogens is 219 g/mol. The number of rotatable bonds is 0. The third kappa shape index (κ3) is 1.22. The van der Waals surface area contributed by atoms with Gasteiger partial charge in [-0.1, -0.05) is 16.8 Å². The van der Waals surface area contributed by atoms with Crippen LogP contribution in [0.1, 0.15) is 5.56 Å². The first-order valence-corrected chi connectivity index (χ1v) is 4.80. The summed E-state index contributed by atoms with van der Waals surface area (Å²) >= 11 is 5.92. The van der Waals surface area contributed by atoms with Crippen molar-refractivity contribution in [2.75, 3.05) is 5.32 Å². The molecular formula is C10H6ClFN2O. The van der Waals surface area contributed by atoms with Crippen molar-refractivity contribution in [2.24, 2.45) is 0 Å². The minimum atomic E-state index is -0.384. The molecule has 0 saturated heterocycles. The Morgan fingerprint density at radius 2 is 2.33 bits per heavy atom. The Balaban J connectivity index is 2.32. The molecule has 0 aliphatic carbocycles. The number of aromatic nitrogens is 1. The molecule has 2 heterocycles. The van der Waals surface area contributed by atoms with Crippen molar-refractivity contribution in [1.82, 2.24) is 5.16 Å². The SMILES string of the molecule is Fc1cc(Cl)c2c(c1)-c1oncc1CN2. The highest BCUT2D eigenvalue weighted by Gasteiger charge is 2.22. The summed E-state index contributed by atoms with van der Waals surface area (Å²) in [7, 11) is 0. The minimum Gasteiger partial charge on any atom is -0.379 e. The fraction of sp³-hybridized carbons (Fsp3) is 0.100. The van der Waals surface area contributed by atoms with Gasteiger partial charge in [-0.25, -0.2) is 4.39 Å². The molecule has 0 atom stereocenters. The van der Waals surface area contributed by atoms with Gasteiger partial charge in [0.1, 0.15) is 5.82 Å². The highest BCUT2D eigenvalue weighted by atomic mass is 35.5. The molecule has 15 heavy (non-hydrogen) atoms. The Morgan fingerprint density at radius 1 is 1.47 bits per heavy atom. The third-order valence-electron chi connectivity index (χ3n) is 2.40. The van der Waals surface area contributed by atoms with Gasteiger partial charge in [0.05, 0.1) is 16.9 Å². The minimum absolute atomic E-state index is 0.354. The summed E-state index contributed by atoms with van der Waals surface area (Å²) in [6.07, 6.45) is 1.62. The second kappa shape index (κ2) is 2.97. The molecule has 3 nitrogen and oxygen atoms in total. The maximum atomic E-state index is 13.2. The number of benzene rings is 1. The van der Waals surface area contributed by atoms with Crippen molar-refractivity contribution >= 4 is 17.3 Å². The predicted octanol–water partition coefficient (Wildman–Crippen LogP) is 3.06. The van der Waals surface area contributed by atoms with E-state index in [4.69, 9.17) is 16.1 Å². The molecule has 1 aliphatic rings. The highest BCUT2D eigenvalue weighted by molar-refractivity contribution is 6.34. The van der Waals surface area contributed by atoms with Crippen LogP contribution in [-0.2, 0) is 6.54 Å². The summed E-state index contributed by atoms with van der Waals surface area (Å²) in [5.74, 6) is 0.204. The largest absolute Gasteiger partial charge is 0.379 e. The van der Waals surface area contributed by atoms with Crippen LogP contribution in [0.3, 0.4) is 0 Å². The van der Waals surface area contributed by atoms with Crippen LogP contribution in [0.5, 0.6) is 0 Å². The lowest BCUT2D eigenvalue weighted by molar-refractivity contribution is 0.431. The first-order valence-electron chi connectivity index (χ1n) is 4.42. The van der Waals surface area contributed by atoms with Crippen LogP contribution >= 0.6 is 11.6 Å². The van der Waals surface area contributed by atoms with Crippen molar-refractivity contribution in [3.05, 3.63) is 34.7 Å². The smallest absolute Gasteiger partial charge is 0.174 e. The molecule has 5 heteroatoms. The van der Waals surface area contributed by atoms with E-state index in [0.717, 1.165) is 5.56 Å². The predicted molar refractivity (Wildman–Crippen MR) is 54.2 cm³/mol. The summed E-state index contributed by atoms with van der Waals surface area (Å²) < 4.78 is 18.3. The first kappa shape index (κ1) is 8.73. The zero-order valence-corrected chi connectivity index (χ0v) is 8.31. The van der Waals surface area contributed by atoms with E-state index in [-0.39, 0.29) is 5.82 Å². The molecule has 0 saturated carbocycles. The molecule has 1 aromatic heterocycles. The van der Waals surface area contributed by atoms with E-state index in [1.165, 1.54) is 12.1 Å². The Bertz CT molecular complexity index is 538. The molecule has 0 unspecified atom stereocenters. The Hall–Kier alpha value is -1.55. The van der Waals surface area contributed by atoms with Crippen LogP contribution in [-0.4, -0.2) is 5.16 Å². The summed E-state index contributed by atoms with van der Waals surface area (Å²) in [6, 6.07) is 2.66. The molecule has 1 aliphatic heterocycles. The van der Waals surface area contributed by atoms with E-state index in [2.05, 4.69) is 10.5 Å². The standard InChI is InChI=1S/C10H6ClFN2O/c11-8-2-6(12)1-7-9(8)13-3-5-4-14-15-10(5)7/h1-2,4,13H,3H2. The van der Waals surface area contributed by atoms with Gasteiger partial charge in [0.15, 0.2) is 5.76 Å². The molecule has 3 rings (SSSR count). The van der Waals surface area contributed by atoms with Gasteiger partial charge in [0, 0.05) is 17.7 Å². The topological polar surface area (TPSA) is 38.1 Å². The second-order valence-electron chi connectivity index (χ2n) is 3.34. The van der Waals surface area contributed by atoms with Gasteiger partial charge in [-0.05, 0) is 12.1 Å². The van der Waals surface area contributed by atoms with Crippen LogP contribution in [0, 0.1) is 5.82 Å². The Labute approximate surface area is 89.8 Å². The number of halogens is 2. The molecule has 0 radical (unpaired) electrons. The molecule has 1 N–H and O–H groups in total. The fourth-order valence-electron chi connectivity index (χ4n) is 1.72. The fourth-order valence-corrected chi connectivity index (χ4v) is 2.00. The van der Waals surface area contributed by atoms with E-state index < -0.39 is 0 Å². The van der Waals surface area contributed by atoms with Gasteiger partial charge in [0.25, 0.3) is 0 Å². The summed E-state index contributed by atoms with van der Waals surface area (Å²) in [4.78, 5) is 0. The number of nitrogens with one attached hydrogen (secondary N) is 1. The van der Waals surface area contributed by atoms with Gasteiger partial charge in [-0.2, -0.15) is 0 Å². The molecule has 76 valence electrons.